The molecule has 140 valence electrons. The summed E-state index contributed by atoms with van der Waals surface area (Å²) < 4.78 is 6.15. The number of rotatable bonds is 11. The van der Waals surface area contributed by atoms with E-state index in [1.165, 1.54) is 5.56 Å². The Morgan fingerprint density at radius 1 is 1.32 bits per heavy atom. The average Bonchev–Trinajstić information content (AvgIpc) is 2.55. The third kappa shape index (κ3) is 7.89. The summed E-state index contributed by atoms with van der Waals surface area (Å²) >= 11 is 0. The van der Waals surface area contributed by atoms with Crippen molar-refractivity contribution < 1.29 is 26.4 Å². The van der Waals surface area contributed by atoms with Gasteiger partial charge in [0.2, 0.25) is 0 Å². The molecule has 1 aromatic rings. The highest BCUT2D eigenvalue weighted by atomic mass is 35.5. The molecule has 0 heterocycles. The van der Waals surface area contributed by atoms with Gasteiger partial charge in [0.05, 0.1) is 26.2 Å². The van der Waals surface area contributed by atoms with Gasteiger partial charge in [-0.15, -0.1) is 0 Å². The highest BCUT2D eigenvalue weighted by Crippen LogP contribution is 2.23. The Hall–Kier alpha value is -1.58. The molecule has 0 aliphatic carbocycles. The molecule has 0 aliphatic rings. The SMILES string of the molecule is C=CC[N+](C)(Cc1ccccc1)C(CC)CCCOC(=O)C(=C)C.[Cl-]. The van der Waals surface area contributed by atoms with Crippen molar-refractivity contribution in [3.8, 4) is 0 Å². The normalized spacial score (nSPS) is 13.9. The van der Waals surface area contributed by atoms with E-state index >= 15 is 0 Å². The van der Waals surface area contributed by atoms with Crippen LogP contribution in [0, 0.1) is 0 Å². The van der Waals surface area contributed by atoms with E-state index in [1.54, 1.807) is 6.92 Å². The Labute approximate surface area is 159 Å². The predicted octanol–water partition coefficient (Wildman–Crippen LogP) is 1.50. The highest BCUT2D eigenvalue weighted by molar-refractivity contribution is 5.86. The molecule has 0 saturated carbocycles. The molecule has 0 bridgehead atoms. The van der Waals surface area contributed by atoms with E-state index < -0.39 is 0 Å². The molecule has 0 N–H and O–H groups in total. The summed E-state index contributed by atoms with van der Waals surface area (Å²) in [5, 5.41) is 0. The first-order valence-electron chi connectivity index (χ1n) is 8.74. The minimum atomic E-state index is -0.296. The molecular weight excluding hydrogens is 334 g/mol. The predicted molar refractivity (Wildman–Crippen MR) is 100 cm³/mol. The van der Waals surface area contributed by atoms with Gasteiger partial charge >= 0.3 is 5.97 Å². The van der Waals surface area contributed by atoms with Crippen molar-refractivity contribution in [2.75, 3.05) is 20.2 Å². The van der Waals surface area contributed by atoms with Crippen molar-refractivity contribution in [1.82, 2.24) is 0 Å². The molecule has 0 saturated heterocycles. The van der Waals surface area contributed by atoms with Crippen LogP contribution in [0.5, 0.6) is 0 Å². The zero-order chi connectivity index (χ0) is 18.0. The average molecular weight is 366 g/mol. The van der Waals surface area contributed by atoms with Crippen LogP contribution in [0.25, 0.3) is 0 Å². The Kier molecular flexibility index (Phi) is 11.1. The number of likely N-dealkylation sites (N-methyl/N-ethyl adjacent to an activating group) is 1. The summed E-state index contributed by atoms with van der Waals surface area (Å²) in [5.74, 6) is -0.296. The summed E-state index contributed by atoms with van der Waals surface area (Å²) in [4.78, 5) is 11.5. The standard InChI is InChI=1S/C21H32NO2.ClH/c1-6-15-22(5,17-19-12-9-8-10-13-19)20(7-2)14-11-16-24-21(23)18(3)4;/h6,8-10,12-13,20H,1,3,7,11,14-17H2,2,4-5H3;1H/q+1;/p-1. The molecule has 3 nitrogen and oxygen atoms in total. The number of quaternary nitrogens is 1. The second-order valence-electron chi connectivity index (χ2n) is 6.71. The molecule has 2 atom stereocenters. The van der Waals surface area contributed by atoms with E-state index in [1.807, 2.05) is 6.08 Å². The number of ether oxygens (including phenoxy) is 1. The van der Waals surface area contributed by atoms with Gasteiger partial charge in [0.25, 0.3) is 0 Å². The molecule has 0 fully saturated rings. The minimum Gasteiger partial charge on any atom is -1.00 e. The lowest BCUT2D eigenvalue weighted by Crippen LogP contribution is -3.00. The second kappa shape index (κ2) is 11.9. The number of hydrogen-bond acceptors (Lipinski definition) is 2. The monoisotopic (exact) mass is 365 g/mol. The maximum atomic E-state index is 11.5. The lowest BCUT2D eigenvalue weighted by atomic mass is 10.0. The van der Waals surface area contributed by atoms with E-state index in [0.717, 1.165) is 36.8 Å². The molecule has 0 spiro atoms. The van der Waals surface area contributed by atoms with Crippen LogP contribution in [0.1, 0.15) is 38.7 Å². The fraction of sp³-hybridized carbons (Fsp3) is 0.476. The minimum absolute atomic E-state index is 0. The summed E-state index contributed by atoms with van der Waals surface area (Å²) in [7, 11) is 2.29. The van der Waals surface area contributed by atoms with Crippen molar-refractivity contribution in [3.05, 3.63) is 60.7 Å². The van der Waals surface area contributed by atoms with Crippen LogP contribution < -0.4 is 12.4 Å². The molecular formula is C21H32ClNO2. The number of carbonyl (C=O) groups is 1. The second-order valence-corrected chi connectivity index (χ2v) is 6.71. The number of esters is 1. The van der Waals surface area contributed by atoms with Crippen LogP contribution in [0.3, 0.4) is 0 Å². The fourth-order valence-electron chi connectivity index (χ4n) is 3.20. The zero-order valence-electron chi connectivity index (χ0n) is 15.8. The van der Waals surface area contributed by atoms with Gasteiger partial charge in [0, 0.05) is 17.6 Å². The largest absolute Gasteiger partial charge is 1.00 e. The topological polar surface area (TPSA) is 26.3 Å². The van der Waals surface area contributed by atoms with Crippen LogP contribution in [-0.2, 0) is 16.1 Å². The van der Waals surface area contributed by atoms with E-state index in [4.69, 9.17) is 4.74 Å². The van der Waals surface area contributed by atoms with E-state index in [-0.39, 0.29) is 18.4 Å². The third-order valence-corrected chi connectivity index (χ3v) is 4.55. The van der Waals surface area contributed by atoms with Crippen LogP contribution in [0.2, 0.25) is 0 Å². The first-order valence-corrected chi connectivity index (χ1v) is 8.74. The van der Waals surface area contributed by atoms with Gasteiger partial charge in [-0.05, 0) is 25.8 Å². The first kappa shape index (κ1) is 23.4. The van der Waals surface area contributed by atoms with Gasteiger partial charge in [0.15, 0.2) is 0 Å². The highest BCUT2D eigenvalue weighted by Gasteiger charge is 2.30. The lowest BCUT2D eigenvalue weighted by molar-refractivity contribution is -0.941. The summed E-state index contributed by atoms with van der Waals surface area (Å²) in [6.07, 6.45) is 4.99. The van der Waals surface area contributed by atoms with E-state index in [2.05, 4.69) is 57.5 Å². The van der Waals surface area contributed by atoms with Crippen LogP contribution >= 0.6 is 0 Å². The fourth-order valence-corrected chi connectivity index (χ4v) is 3.20. The molecule has 2 unspecified atom stereocenters. The number of benzene rings is 1. The number of halogens is 1. The van der Waals surface area contributed by atoms with Gasteiger partial charge in [-0.2, -0.15) is 0 Å². The molecule has 0 aromatic heterocycles. The Morgan fingerprint density at radius 3 is 2.48 bits per heavy atom. The lowest BCUT2D eigenvalue weighted by Gasteiger charge is -2.41. The van der Waals surface area contributed by atoms with Gasteiger partial charge < -0.3 is 21.6 Å². The maximum Gasteiger partial charge on any atom is 0.333 e. The Morgan fingerprint density at radius 2 is 1.96 bits per heavy atom. The number of carbonyl (C=O) groups excluding carboxylic acids is 1. The van der Waals surface area contributed by atoms with Crippen LogP contribution in [0.4, 0.5) is 0 Å². The first-order chi connectivity index (χ1) is 11.4. The quantitative estimate of drug-likeness (QED) is 0.195. The molecule has 1 aromatic carbocycles. The van der Waals surface area contributed by atoms with Crippen molar-refractivity contribution in [3.63, 3.8) is 0 Å². The Bertz CT molecular complexity index is 544. The molecule has 25 heavy (non-hydrogen) atoms. The van der Waals surface area contributed by atoms with Crippen molar-refractivity contribution >= 4 is 5.97 Å². The number of hydrogen-bond donors (Lipinski definition) is 0. The van der Waals surface area contributed by atoms with Crippen molar-refractivity contribution in [2.24, 2.45) is 0 Å². The molecule has 4 heteroatoms. The summed E-state index contributed by atoms with van der Waals surface area (Å²) in [5.41, 5.74) is 1.80. The maximum absolute atomic E-state index is 11.5. The van der Waals surface area contributed by atoms with Crippen molar-refractivity contribution in [2.45, 2.75) is 45.7 Å². The van der Waals surface area contributed by atoms with E-state index in [9.17, 15) is 4.79 Å². The number of nitrogens with zero attached hydrogens (tertiary/aromatic N) is 1. The molecule has 0 radical (unpaired) electrons. The van der Waals surface area contributed by atoms with E-state index in [0.29, 0.717) is 18.2 Å². The Balaban J connectivity index is 0.00000576. The molecule has 1 rings (SSSR count). The van der Waals surface area contributed by atoms with Gasteiger partial charge in [-0.25, -0.2) is 4.79 Å². The van der Waals surface area contributed by atoms with Crippen molar-refractivity contribution in [1.29, 1.82) is 0 Å². The van der Waals surface area contributed by atoms with Gasteiger partial charge in [-0.1, -0.05) is 50.4 Å². The van der Waals surface area contributed by atoms with Crippen LogP contribution in [-0.4, -0.2) is 36.7 Å². The third-order valence-electron chi connectivity index (χ3n) is 4.55. The summed E-state index contributed by atoms with van der Waals surface area (Å²) in [6.45, 7) is 13.8. The smallest absolute Gasteiger partial charge is 0.333 e. The zero-order valence-corrected chi connectivity index (χ0v) is 16.6. The molecule has 0 amide bonds. The molecule has 0 aliphatic heterocycles. The summed E-state index contributed by atoms with van der Waals surface area (Å²) in [6, 6.07) is 11.1. The van der Waals surface area contributed by atoms with Gasteiger partial charge in [-0.3, -0.25) is 0 Å². The van der Waals surface area contributed by atoms with Gasteiger partial charge in [0.1, 0.15) is 6.54 Å². The van der Waals surface area contributed by atoms with Crippen LogP contribution in [0.15, 0.2) is 55.1 Å².